The van der Waals surface area contributed by atoms with Crippen LogP contribution in [0.3, 0.4) is 0 Å². The summed E-state index contributed by atoms with van der Waals surface area (Å²) in [4.78, 5) is -0.415. The average molecular weight is 346 g/mol. The Balaban J connectivity index is 2.44. The molecule has 0 bridgehead atoms. The minimum absolute atomic E-state index is 0.0933. The molecule has 0 aromatic heterocycles. The molecule has 23 heavy (non-hydrogen) atoms. The van der Waals surface area contributed by atoms with Crippen LogP contribution in [-0.2, 0) is 10.0 Å². The Morgan fingerprint density at radius 1 is 1.26 bits per heavy atom. The number of benzene rings is 1. The second kappa shape index (κ2) is 6.26. The van der Waals surface area contributed by atoms with Gasteiger partial charge in [-0.15, -0.1) is 0 Å². The molecule has 0 spiro atoms. The molecule has 6 nitrogen and oxygen atoms in total. The Morgan fingerprint density at radius 3 is 2.35 bits per heavy atom. The molecule has 1 aromatic rings. The zero-order valence-electron chi connectivity index (χ0n) is 13.8. The van der Waals surface area contributed by atoms with Crippen LogP contribution in [0.15, 0.2) is 17.0 Å². The third kappa shape index (κ3) is 3.29. The molecule has 130 valence electrons. The van der Waals surface area contributed by atoms with E-state index in [4.69, 9.17) is 15.2 Å². The fourth-order valence-electron chi connectivity index (χ4n) is 2.70. The highest BCUT2D eigenvalue weighted by molar-refractivity contribution is 7.89. The molecule has 1 heterocycles. The van der Waals surface area contributed by atoms with E-state index in [1.807, 2.05) is 13.8 Å². The van der Waals surface area contributed by atoms with Crippen molar-refractivity contribution in [3.05, 3.63) is 17.9 Å². The number of methoxy groups -OCH3 is 2. The van der Waals surface area contributed by atoms with Gasteiger partial charge < -0.3 is 15.2 Å². The van der Waals surface area contributed by atoms with E-state index in [0.717, 1.165) is 12.1 Å². The molecule has 1 aromatic carbocycles. The van der Waals surface area contributed by atoms with Crippen LogP contribution in [0.25, 0.3) is 0 Å². The van der Waals surface area contributed by atoms with Gasteiger partial charge in [-0.1, -0.05) is 13.8 Å². The summed E-state index contributed by atoms with van der Waals surface area (Å²) in [7, 11) is -1.25. The van der Waals surface area contributed by atoms with Crippen LogP contribution in [0.1, 0.15) is 20.3 Å². The van der Waals surface area contributed by atoms with Crippen molar-refractivity contribution in [3.63, 3.8) is 0 Å². The van der Waals surface area contributed by atoms with E-state index in [9.17, 15) is 12.8 Å². The Bertz CT molecular complexity index is 691. The van der Waals surface area contributed by atoms with Gasteiger partial charge in [-0.25, -0.2) is 12.8 Å². The molecule has 0 saturated carbocycles. The predicted octanol–water partition coefficient (Wildman–Crippen LogP) is 1.59. The Kier molecular flexibility index (Phi) is 4.89. The highest BCUT2D eigenvalue weighted by Crippen LogP contribution is 2.36. The van der Waals surface area contributed by atoms with Crippen LogP contribution < -0.4 is 15.2 Å². The fourth-order valence-corrected chi connectivity index (χ4v) is 4.39. The van der Waals surface area contributed by atoms with Gasteiger partial charge in [0.05, 0.1) is 14.2 Å². The summed E-state index contributed by atoms with van der Waals surface area (Å²) >= 11 is 0. The number of rotatable bonds is 4. The normalized spacial score (nSPS) is 21.9. The van der Waals surface area contributed by atoms with Gasteiger partial charge in [0.25, 0.3) is 0 Å². The van der Waals surface area contributed by atoms with Gasteiger partial charge in [-0.3, -0.25) is 0 Å². The number of nitrogens with two attached hydrogens (primary N) is 1. The Morgan fingerprint density at radius 2 is 1.83 bits per heavy atom. The van der Waals surface area contributed by atoms with Crippen molar-refractivity contribution in [2.75, 3.05) is 27.3 Å². The molecule has 2 rings (SSSR count). The summed E-state index contributed by atoms with van der Waals surface area (Å²) in [5.74, 6) is -0.555. The summed E-state index contributed by atoms with van der Waals surface area (Å²) in [6, 6.07) is 2.08. The standard InChI is InChI=1S/C15H23FN2O4S/c1-15(2)9-18(6-5-14(15)17)23(19,20)13-8-12(22-4)11(21-3)7-10(13)16/h7-8,14H,5-6,9,17H2,1-4H3. The zero-order chi connectivity index (χ0) is 17.4. The molecule has 1 atom stereocenters. The quantitative estimate of drug-likeness (QED) is 0.895. The van der Waals surface area contributed by atoms with E-state index in [0.29, 0.717) is 6.42 Å². The molecule has 1 aliphatic rings. The Labute approximate surface area is 136 Å². The summed E-state index contributed by atoms with van der Waals surface area (Å²) in [5.41, 5.74) is 5.66. The molecule has 0 radical (unpaired) electrons. The maximum absolute atomic E-state index is 14.3. The number of sulfonamides is 1. The summed E-state index contributed by atoms with van der Waals surface area (Å²) in [6.45, 7) is 4.32. The first-order valence-electron chi connectivity index (χ1n) is 7.30. The van der Waals surface area contributed by atoms with E-state index in [2.05, 4.69) is 0 Å². The third-order valence-electron chi connectivity index (χ3n) is 4.33. The molecule has 1 aliphatic heterocycles. The fraction of sp³-hybridized carbons (Fsp3) is 0.600. The SMILES string of the molecule is COc1cc(F)c(S(=O)(=O)N2CCC(N)C(C)(C)C2)cc1OC. The van der Waals surface area contributed by atoms with Gasteiger partial charge in [0.1, 0.15) is 10.7 Å². The predicted molar refractivity (Wildman–Crippen MR) is 84.6 cm³/mol. The first-order chi connectivity index (χ1) is 10.6. The molecule has 0 aliphatic carbocycles. The van der Waals surface area contributed by atoms with Gasteiger partial charge in [0.2, 0.25) is 10.0 Å². The zero-order valence-corrected chi connectivity index (χ0v) is 14.6. The lowest BCUT2D eigenvalue weighted by atomic mass is 9.81. The van der Waals surface area contributed by atoms with E-state index in [-0.39, 0.29) is 36.0 Å². The number of hydrogen-bond acceptors (Lipinski definition) is 5. The molecule has 2 N–H and O–H groups in total. The number of piperidine rings is 1. The van der Waals surface area contributed by atoms with Crippen molar-refractivity contribution in [3.8, 4) is 11.5 Å². The minimum atomic E-state index is -3.98. The molecular formula is C15H23FN2O4S. The van der Waals surface area contributed by atoms with E-state index in [1.54, 1.807) is 0 Å². The monoisotopic (exact) mass is 346 g/mol. The largest absolute Gasteiger partial charge is 0.493 e. The second-order valence-corrected chi connectivity index (χ2v) is 8.27. The highest BCUT2D eigenvalue weighted by Gasteiger charge is 2.40. The third-order valence-corrected chi connectivity index (χ3v) is 6.19. The Hall–Kier alpha value is -1.38. The number of ether oxygens (including phenoxy) is 2. The molecule has 8 heteroatoms. The van der Waals surface area contributed by atoms with Crippen LogP contribution in [0.2, 0.25) is 0 Å². The van der Waals surface area contributed by atoms with Gasteiger partial charge >= 0.3 is 0 Å². The first kappa shape index (κ1) is 18.0. The summed E-state index contributed by atoms with van der Waals surface area (Å²) in [6.07, 6.45) is 0.529. The van der Waals surface area contributed by atoms with Crippen molar-refractivity contribution >= 4 is 10.0 Å². The van der Waals surface area contributed by atoms with Crippen LogP contribution in [-0.4, -0.2) is 46.1 Å². The lowest BCUT2D eigenvalue weighted by Crippen LogP contribution is -2.53. The molecule has 1 fully saturated rings. The van der Waals surface area contributed by atoms with Gasteiger partial charge in [-0.05, 0) is 11.8 Å². The van der Waals surface area contributed by atoms with Crippen LogP contribution in [0, 0.1) is 11.2 Å². The molecule has 1 saturated heterocycles. The number of halogens is 1. The molecule has 1 unspecified atom stereocenters. The van der Waals surface area contributed by atoms with Crippen molar-refractivity contribution in [2.45, 2.75) is 31.2 Å². The topological polar surface area (TPSA) is 81.9 Å². The summed E-state index contributed by atoms with van der Waals surface area (Å²) in [5, 5.41) is 0. The van der Waals surface area contributed by atoms with Gasteiger partial charge in [-0.2, -0.15) is 4.31 Å². The number of nitrogens with zero attached hydrogens (tertiary/aromatic N) is 1. The molecule has 0 amide bonds. The van der Waals surface area contributed by atoms with Crippen molar-refractivity contribution in [1.82, 2.24) is 4.31 Å². The van der Waals surface area contributed by atoms with Crippen molar-refractivity contribution in [1.29, 1.82) is 0 Å². The lowest BCUT2D eigenvalue weighted by molar-refractivity contribution is 0.155. The van der Waals surface area contributed by atoms with Gasteiger partial charge in [0.15, 0.2) is 11.5 Å². The molecular weight excluding hydrogens is 323 g/mol. The minimum Gasteiger partial charge on any atom is -0.493 e. The van der Waals surface area contributed by atoms with E-state index >= 15 is 0 Å². The van der Waals surface area contributed by atoms with Crippen molar-refractivity contribution < 1.29 is 22.3 Å². The van der Waals surface area contributed by atoms with Crippen molar-refractivity contribution in [2.24, 2.45) is 11.1 Å². The smallest absolute Gasteiger partial charge is 0.246 e. The second-order valence-electron chi connectivity index (χ2n) is 6.36. The number of hydrogen-bond donors (Lipinski definition) is 1. The van der Waals surface area contributed by atoms with Crippen LogP contribution in [0.4, 0.5) is 4.39 Å². The lowest BCUT2D eigenvalue weighted by Gasteiger charge is -2.41. The maximum atomic E-state index is 14.3. The van der Waals surface area contributed by atoms with Gasteiger partial charge in [0, 0.05) is 31.3 Å². The first-order valence-corrected chi connectivity index (χ1v) is 8.74. The van der Waals surface area contributed by atoms with Crippen LogP contribution in [0.5, 0.6) is 11.5 Å². The van der Waals surface area contributed by atoms with Crippen LogP contribution >= 0.6 is 0 Å². The van der Waals surface area contributed by atoms with E-state index in [1.165, 1.54) is 18.5 Å². The highest BCUT2D eigenvalue weighted by atomic mass is 32.2. The average Bonchev–Trinajstić information content (AvgIpc) is 2.49. The maximum Gasteiger partial charge on any atom is 0.246 e. The van der Waals surface area contributed by atoms with E-state index < -0.39 is 20.7 Å². The summed E-state index contributed by atoms with van der Waals surface area (Å²) < 4.78 is 51.3.